The van der Waals surface area contributed by atoms with Crippen LogP contribution in [0.2, 0.25) is 0 Å². The number of nitrogens with zero attached hydrogens (tertiary/aromatic N) is 3. The van der Waals surface area contributed by atoms with E-state index in [1.165, 1.54) is 22.0 Å². The second-order valence-electron chi connectivity index (χ2n) is 8.98. The highest BCUT2D eigenvalue weighted by atomic mass is 32.1. The molecule has 2 atom stereocenters. The van der Waals surface area contributed by atoms with Gasteiger partial charge in [0, 0.05) is 4.88 Å². The van der Waals surface area contributed by atoms with Crippen LogP contribution in [0.15, 0.2) is 34.4 Å². The first-order valence-electron chi connectivity index (χ1n) is 11.5. The van der Waals surface area contributed by atoms with Gasteiger partial charge in [0.25, 0.3) is 11.5 Å². The van der Waals surface area contributed by atoms with E-state index in [2.05, 4.69) is 22.4 Å². The summed E-state index contributed by atoms with van der Waals surface area (Å²) in [6.07, 6.45) is 5.93. The van der Waals surface area contributed by atoms with Gasteiger partial charge in [-0.3, -0.25) is 14.2 Å². The maximum absolute atomic E-state index is 13.2. The summed E-state index contributed by atoms with van der Waals surface area (Å²) in [6.45, 7) is 7.78. The molecule has 1 aliphatic carbocycles. The fourth-order valence-corrected chi connectivity index (χ4v) is 5.47. The van der Waals surface area contributed by atoms with Gasteiger partial charge in [0.15, 0.2) is 11.5 Å². The summed E-state index contributed by atoms with van der Waals surface area (Å²) in [6, 6.07) is 4.64. The average Bonchev–Trinajstić information content (AvgIpc) is 3.17. The van der Waals surface area contributed by atoms with Crippen LogP contribution in [0.25, 0.3) is 10.2 Å². The number of hydrogen-bond donors (Lipinski definition) is 1. The lowest BCUT2D eigenvalue weighted by Crippen LogP contribution is -2.34. The monoisotopic (exact) mass is 482 g/mol. The first-order chi connectivity index (χ1) is 16.3. The first kappa shape index (κ1) is 23.9. The van der Waals surface area contributed by atoms with E-state index in [0.717, 1.165) is 35.2 Å². The quantitative estimate of drug-likeness (QED) is 0.404. The number of carbonyl (C=O) groups excluding carboxylic acids is 1. The number of thiophene rings is 1. The third-order valence-electron chi connectivity index (χ3n) is 5.98. The Morgan fingerprint density at radius 2 is 2.12 bits per heavy atom. The molecule has 0 radical (unpaired) electrons. The minimum atomic E-state index is -0.754. The van der Waals surface area contributed by atoms with Crippen LogP contribution in [0, 0.1) is 5.92 Å². The summed E-state index contributed by atoms with van der Waals surface area (Å²) in [5.41, 5.74) is 4.19. The van der Waals surface area contributed by atoms with E-state index in [0.29, 0.717) is 22.8 Å². The van der Waals surface area contributed by atoms with Crippen molar-refractivity contribution in [3.05, 3.63) is 50.9 Å². The van der Waals surface area contributed by atoms with E-state index in [1.807, 2.05) is 19.9 Å². The molecule has 1 aliphatic rings. The van der Waals surface area contributed by atoms with Gasteiger partial charge in [0.2, 0.25) is 0 Å². The highest BCUT2D eigenvalue weighted by Crippen LogP contribution is 2.35. The van der Waals surface area contributed by atoms with Crippen LogP contribution in [-0.4, -0.2) is 34.9 Å². The lowest BCUT2D eigenvalue weighted by atomic mass is 9.89. The number of methoxy groups -OCH3 is 1. The van der Waals surface area contributed by atoms with E-state index < -0.39 is 11.9 Å². The number of carbonyl (C=O) groups is 1. The van der Waals surface area contributed by atoms with Crippen molar-refractivity contribution in [2.75, 3.05) is 7.11 Å². The Hall–Kier alpha value is -3.20. The fraction of sp³-hybridized carbons (Fsp3) is 0.440. The second-order valence-corrected chi connectivity index (χ2v) is 10.1. The molecule has 34 heavy (non-hydrogen) atoms. The number of rotatable bonds is 7. The van der Waals surface area contributed by atoms with Gasteiger partial charge in [-0.05, 0) is 75.3 Å². The van der Waals surface area contributed by atoms with Gasteiger partial charge >= 0.3 is 0 Å². The second kappa shape index (κ2) is 9.97. The van der Waals surface area contributed by atoms with Crippen molar-refractivity contribution in [1.29, 1.82) is 0 Å². The minimum Gasteiger partial charge on any atom is -0.493 e. The van der Waals surface area contributed by atoms with E-state index in [9.17, 15) is 9.59 Å². The van der Waals surface area contributed by atoms with E-state index in [-0.39, 0.29) is 11.7 Å². The molecule has 2 unspecified atom stereocenters. The van der Waals surface area contributed by atoms with E-state index >= 15 is 0 Å². The molecule has 2 heterocycles. The Balaban J connectivity index is 1.49. The average molecular weight is 483 g/mol. The first-order valence-corrected chi connectivity index (χ1v) is 12.3. The predicted octanol–water partition coefficient (Wildman–Crippen LogP) is 4.09. The van der Waals surface area contributed by atoms with Crippen LogP contribution >= 0.6 is 11.3 Å². The molecular formula is C25H30N4O4S. The van der Waals surface area contributed by atoms with Crippen LogP contribution in [0.3, 0.4) is 0 Å². The fourth-order valence-electron chi connectivity index (χ4n) is 4.13. The minimum absolute atomic E-state index is 0.0226. The van der Waals surface area contributed by atoms with Crippen molar-refractivity contribution in [3.63, 3.8) is 0 Å². The van der Waals surface area contributed by atoms with Gasteiger partial charge in [-0.25, -0.2) is 10.4 Å². The molecule has 4 rings (SSSR count). The lowest BCUT2D eigenvalue weighted by Gasteiger charge is -2.18. The normalized spacial score (nSPS) is 16.6. The van der Waals surface area contributed by atoms with Gasteiger partial charge in [0.05, 0.1) is 31.1 Å². The molecule has 1 aromatic carbocycles. The summed E-state index contributed by atoms with van der Waals surface area (Å²) in [4.78, 5) is 32.5. The maximum atomic E-state index is 13.2. The molecule has 180 valence electrons. The zero-order chi connectivity index (χ0) is 24.4. The zero-order valence-corrected chi connectivity index (χ0v) is 20.9. The van der Waals surface area contributed by atoms with Gasteiger partial charge < -0.3 is 9.47 Å². The summed E-state index contributed by atoms with van der Waals surface area (Å²) >= 11 is 1.60. The summed E-state index contributed by atoms with van der Waals surface area (Å²) < 4.78 is 12.5. The molecule has 9 heteroatoms. The largest absolute Gasteiger partial charge is 0.493 e. The molecule has 0 spiro atoms. The Kier molecular flexibility index (Phi) is 7.02. The number of ether oxygens (including phenoxy) is 2. The number of hydrogen-bond acceptors (Lipinski definition) is 7. The van der Waals surface area contributed by atoms with Crippen molar-refractivity contribution < 1.29 is 14.3 Å². The standard InChI is InChI=1S/C25H30N4O4S/c1-14(2)33-19-9-7-17(11-20(19)32-5)12-27-28-23(30)16(4)29-13-26-24-22(25(29)31)18-8-6-15(3)10-21(18)34-24/h7,9,11-16H,6,8,10H2,1-5H3,(H,28,30)/b27-12+. The molecular weight excluding hydrogens is 452 g/mol. The Morgan fingerprint density at radius 3 is 2.85 bits per heavy atom. The van der Waals surface area contributed by atoms with Crippen LogP contribution < -0.4 is 20.5 Å². The Labute approximate surface area is 202 Å². The molecule has 2 aromatic heterocycles. The van der Waals surface area contributed by atoms with Crippen LogP contribution in [0.1, 0.15) is 56.2 Å². The van der Waals surface area contributed by atoms with Crippen LogP contribution in [0.5, 0.6) is 11.5 Å². The van der Waals surface area contributed by atoms with Crippen molar-refractivity contribution in [2.24, 2.45) is 11.0 Å². The van der Waals surface area contributed by atoms with E-state index in [1.54, 1.807) is 37.5 Å². The predicted molar refractivity (Wildman–Crippen MR) is 134 cm³/mol. The van der Waals surface area contributed by atoms with Crippen molar-refractivity contribution in [1.82, 2.24) is 15.0 Å². The number of nitrogens with one attached hydrogen (secondary N) is 1. The van der Waals surface area contributed by atoms with Crippen molar-refractivity contribution >= 4 is 33.7 Å². The topological polar surface area (TPSA) is 94.8 Å². The van der Waals surface area contributed by atoms with Gasteiger partial charge in [-0.15, -0.1) is 11.3 Å². The molecule has 3 aromatic rings. The Bertz CT molecular complexity index is 1290. The molecule has 8 nitrogen and oxygen atoms in total. The number of fused-ring (bicyclic) bond motifs is 3. The molecule has 1 N–H and O–H groups in total. The number of hydrazone groups is 1. The van der Waals surface area contributed by atoms with E-state index in [4.69, 9.17) is 9.47 Å². The SMILES string of the molecule is COc1cc(/C=N/NC(=O)C(C)n2cnc3sc4c(c3c2=O)CCC(C)C4)ccc1OC(C)C. The summed E-state index contributed by atoms with van der Waals surface area (Å²) in [5.74, 6) is 1.43. The third kappa shape index (κ3) is 4.84. The molecule has 0 bridgehead atoms. The highest BCUT2D eigenvalue weighted by Gasteiger charge is 2.25. The van der Waals surface area contributed by atoms with Gasteiger partial charge in [-0.1, -0.05) is 6.92 Å². The third-order valence-corrected chi connectivity index (χ3v) is 7.14. The number of benzene rings is 1. The number of aromatic nitrogens is 2. The van der Waals surface area contributed by atoms with Gasteiger partial charge in [-0.2, -0.15) is 5.10 Å². The lowest BCUT2D eigenvalue weighted by molar-refractivity contribution is -0.123. The van der Waals surface area contributed by atoms with Crippen LogP contribution in [0.4, 0.5) is 0 Å². The Morgan fingerprint density at radius 1 is 1.32 bits per heavy atom. The number of amides is 1. The number of aryl methyl sites for hydroxylation is 1. The zero-order valence-electron chi connectivity index (χ0n) is 20.1. The highest BCUT2D eigenvalue weighted by molar-refractivity contribution is 7.18. The smallest absolute Gasteiger partial charge is 0.263 e. The molecule has 0 aliphatic heterocycles. The molecule has 1 amide bonds. The molecule has 0 saturated heterocycles. The van der Waals surface area contributed by atoms with Gasteiger partial charge in [0.1, 0.15) is 10.9 Å². The summed E-state index contributed by atoms with van der Waals surface area (Å²) in [5, 5.41) is 4.72. The summed E-state index contributed by atoms with van der Waals surface area (Å²) in [7, 11) is 1.57. The van der Waals surface area contributed by atoms with Crippen molar-refractivity contribution in [2.45, 2.75) is 59.1 Å². The van der Waals surface area contributed by atoms with Crippen molar-refractivity contribution in [3.8, 4) is 11.5 Å². The molecule has 0 fully saturated rings. The van der Waals surface area contributed by atoms with Crippen LogP contribution in [-0.2, 0) is 17.6 Å². The molecule has 0 saturated carbocycles. The maximum Gasteiger partial charge on any atom is 0.263 e.